The fourth-order valence-electron chi connectivity index (χ4n) is 1.86. The van der Waals surface area contributed by atoms with Gasteiger partial charge in [0.25, 0.3) is 0 Å². The van der Waals surface area contributed by atoms with E-state index in [0.29, 0.717) is 11.1 Å². The number of carbonyl (C=O) groups is 1. The minimum absolute atomic E-state index is 0.162. The van der Waals surface area contributed by atoms with E-state index in [1.165, 1.54) is 31.2 Å². The fourth-order valence-corrected chi connectivity index (χ4v) is 1.86. The Balaban J connectivity index is 2.31. The van der Waals surface area contributed by atoms with Crippen molar-refractivity contribution in [3.63, 3.8) is 0 Å². The molecule has 0 unspecified atom stereocenters. The summed E-state index contributed by atoms with van der Waals surface area (Å²) in [6, 6.07) is 6.05. The first-order valence-corrected chi connectivity index (χ1v) is 6.24. The van der Waals surface area contributed by atoms with E-state index in [9.17, 15) is 19.8 Å². The summed E-state index contributed by atoms with van der Waals surface area (Å²) in [6.07, 6.45) is 2.67. The molecule has 2 aromatic rings. The first-order valence-electron chi connectivity index (χ1n) is 6.24. The van der Waals surface area contributed by atoms with Crippen molar-refractivity contribution in [2.45, 2.75) is 13.8 Å². The van der Waals surface area contributed by atoms with Crippen LogP contribution in [-0.4, -0.2) is 16.0 Å². The van der Waals surface area contributed by atoms with Crippen LogP contribution in [0, 0.1) is 13.8 Å². The van der Waals surface area contributed by atoms with Gasteiger partial charge in [-0.25, -0.2) is 4.79 Å². The van der Waals surface area contributed by atoms with Crippen LogP contribution in [0.1, 0.15) is 27.2 Å². The van der Waals surface area contributed by atoms with E-state index in [1.807, 2.05) is 0 Å². The Bertz CT molecular complexity index is 784. The van der Waals surface area contributed by atoms with E-state index < -0.39 is 22.7 Å². The Kier molecular flexibility index (Phi) is 3.93. The van der Waals surface area contributed by atoms with Gasteiger partial charge in [-0.15, -0.1) is 0 Å². The minimum Gasteiger partial charge on any atom is -0.508 e. The predicted molar refractivity (Wildman–Crippen MR) is 77.6 cm³/mol. The topological polar surface area (TPSA) is 87.7 Å². The number of carbonyl (C=O) groups excluding carboxylic acids is 1. The normalized spacial score (nSPS) is 11.0. The summed E-state index contributed by atoms with van der Waals surface area (Å²) in [7, 11) is 0. The maximum Gasteiger partial charge on any atom is 0.351 e. The second-order valence-corrected chi connectivity index (χ2v) is 4.65. The average molecular weight is 286 g/mol. The maximum atomic E-state index is 12.0. The van der Waals surface area contributed by atoms with Crippen LogP contribution in [0.3, 0.4) is 0 Å². The molecule has 5 heteroatoms. The van der Waals surface area contributed by atoms with Crippen molar-refractivity contribution in [2.75, 3.05) is 0 Å². The summed E-state index contributed by atoms with van der Waals surface area (Å²) in [5.74, 6) is -0.658. The number of rotatable bonds is 3. The van der Waals surface area contributed by atoms with Gasteiger partial charge in [0.15, 0.2) is 5.78 Å². The molecule has 1 aromatic heterocycles. The Labute approximate surface area is 120 Å². The highest BCUT2D eigenvalue weighted by Crippen LogP contribution is 2.19. The van der Waals surface area contributed by atoms with Crippen LogP contribution in [0.25, 0.3) is 6.08 Å². The molecule has 0 saturated heterocycles. The van der Waals surface area contributed by atoms with Crippen molar-refractivity contribution >= 4 is 11.9 Å². The van der Waals surface area contributed by atoms with Gasteiger partial charge in [0.1, 0.15) is 22.8 Å². The summed E-state index contributed by atoms with van der Waals surface area (Å²) < 4.78 is 4.79. The lowest BCUT2D eigenvalue weighted by Gasteiger charge is -2.01. The molecule has 1 aromatic carbocycles. The van der Waals surface area contributed by atoms with Gasteiger partial charge in [-0.3, -0.25) is 4.79 Å². The average Bonchev–Trinajstić information content (AvgIpc) is 2.39. The first kappa shape index (κ1) is 14.6. The number of hydrogen-bond donors (Lipinski definition) is 2. The summed E-state index contributed by atoms with van der Waals surface area (Å²) in [5.41, 5.74) is 0.0910. The van der Waals surface area contributed by atoms with Crippen molar-refractivity contribution in [1.29, 1.82) is 0 Å². The third kappa shape index (κ3) is 3.20. The molecule has 2 rings (SSSR count). The van der Waals surface area contributed by atoms with E-state index in [1.54, 1.807) is 19.1 Å². The number of aromatic hydroxyl groups is 2. The second kappa shape index (κ2) is 5.66. The lowest BCUT2D eigenvalue weighted by Crippen LogP contribution is -2.12. The zero-order valence-electron chi connectivity index (χ0n) is 11.6. The van der Waals surface area contributed by atoms with Crippen LogP contribution in [0.5, 0.6) is 11.5 Å². The standard InChI is InChI=1S/C16H14O5/c1-9-7-11(3-5-12(9)17)4-6-13(18)15-14(19)8-10(2)21-16(15)20/h3-8,17,19H,1-2H3/b6-4+. The van der Waals surface area contributed by atoms with E-state index in [2.05, 4.69) is 0 Å². The lowest BCUT2D eigenvalue weighted by atomic mass is 10.1. The number of benzene rings is 1. The molecule has 0 spiro atoms. The van der Waals surface area contributed by atoms with Gasteiger partial charge in [-0.1, -0.05) is 12.1 Å². The number of phenols is 1. The van der Waals surface area contributed by atoms with Gasteiger partial charge < -0.3 is 14.6 Å². The molecule has 0 aliphatic heterocycles. The van der Waals surface area contributed by atoms with Crippen LogP contribution < -0.4 is 5.63 Å². The Morgan fingerprint density at radius 1 is 1.14 bits per heavy atom. The van der Waals surface area contributed by atoms with Gasteiger partial charge in [-0.2, -0.15) is 0 Å². The SMILES string of the molecule is Cc1cc(O)c(C(=O)/C=C/c2ccc(O)c(C)c2)c(=O)o1. The van der Waals surface area contributed by atoms with Crippen molar-refractivity contribution in [1.82, 2.24) is 0 Å². The van der Waals surface area contributed by atoms with Gasteiger partial charge in [-0.05, 0) is 43.2 Å². The van der Waals surface area contributed by atoms with E-state index in [-0.39, 0.29) is 11.5 Å². The largest absolute Gasteiger partial charge is 0.508 e. The van der Waals surface area contributed by atoms with Crippen molar-refractivity contribution < 1.29 is 19.4 Å². The highest BCUT2D eigenvalue weighted by molar-refractivity contribution is 6.08. The van der Waals surface area contributed by atoms with E-state index >= 15 is 0 Å². The van der Waals surface area contributed by atoms with Gasteiger partial charge in [0, 0.05) is 6.07 Å². The maximum absolute atomic E-state index is 12.0. The summed E-state index contributed by atoms with van der Waals surface area (Å²) in [4.78, 5) is 23.6. The minimum atomic E-state index is -0.871. The first-order chi connectivity index (χ1) is 9.88. The molecular weight excluding hydrogens is 272 g/mol. The molecule has 1 heterocycles. The third-order valence-electron chi connectivity index (χ3n) is 2.95. The zero-order valence-corrected chi connectivity index (χ0v) is 11.6. The number of aryl methyl sites for hydroxylation is 2. The number of phenolic OH excluding ortho intramolecular Hbond substituents is 1. The molecule has 108 valence electrons. The Morgan fingerprint density at radius 3 is 2.48 bits per heavy atom. The van der Waals surface area contributed by atoms with Gasteiger partial charge in [0.2, 0.25) is 0 Å². The smallest absolute Gasteiger partial charge is 0.351 e. The molecule has 0 aliphatic carbocycles. The van der Waals surface area contributed by atoms with Gasteiger partial charge in [0.05, 0.1) is 0 Å². The second-order valence-electron chi connectivity index (χ2n) is 4.65. The molecule has 0 bridgehead atoms. The summed E-state index contributed by atoms with van der Waals surface area (Å²) >= 11 is 0. The highest BCUT2D eigenvalue weighted by atomic mass is 16.4. The molecule has 0 radical (unpaired) electrons. The summed E-state index contributed by atoms with van der Waals surface area (Å²) in [5, 5.41) is 19.1. The molecule has 0 atom stereocenters. The molecular formula is C16H14O5. The fraction of sp³-hybridized carbons (Fsp3) is 0.125. The Hall–Kier alpha value is -2.82. The van der Waals surface area contributed by atoms with Crippen LogP contribution >= 0.6 is 0 Å². The molecule has 5 nitrogen and oxygen atoms in total. The molecule has 21 heavy (non-hydrogen) atoms. The van der Waals surface area contributed by atoms with Crippen LogP contribution in [-0.2, 0) is 0 Å². The lowest BCUT2D eigenvalue weighted by molar-refractivity contribution is 0.104. The molecule has 0 fully saturated rings. The van der Waals surface area contributed by atoms with E-state index in [4.69, 9.17) is 4.42 Å². The van der Waals surface area contributed by atoms with Crippen LogP contribution in [0.4, 0.5) is 0 Å². The van der Waals surface area contributed by atoms with Crippen molar-refractivity contribution in [3.8, 4) is 11.5 Å². The molecule has 2 N–H and O–H groups in total. The van der Waals surface area contributed by atoms with Crippen molar-refractivity contribution in [2.24, 2.45) is 0 Å². The Morgan fingerprint density at radius 2 is 1.86 bits per heavy atom. The third-order valence-corrected chi connectivity index (χ3v) is 2.95. The molecule has 0 amide bonds. The van der Waals surface area contributed by atoms with Crippen molar-refractivity contribution in [3.05, 3.63) is 63.2 Å². The number of ketones is 1. The number of allylic oxidation sites excluding steroid dienone is 1. The quantitative estimate of drug-likeness (QED) is 0.668. The zero-order chi connectivity index (χ0) is 15.6. The van der Waals surface area contributed by atoms with Crippen LogP contribution in [0.15, 0.2) is 39.6 Å². The van der Waals surface area contributed by atoms with Crippen LogP contribution in [0.2, 0.25) is 0 Å². The highest BCUT2D eigenvalue weighted by Gasteiger charge is 2.15. The summed E-state index contributed by atoms with van der Waals surface area (Å²) in [6.45, 7) is 3.24. The van der Waals surface area contributed by atoms with Gasteiger partial charge >= 0.3 is 5.63 Å². The monoisotopic (exact) mass is 286 g/mol. The predicted octanol–water partition coefficient (Wildman–Crippen LogP) is 2.56. The van der Waals surface area contributed by atoms with E-state index in [0.717, 1.165) is 0 Å². The molecule has 0 saturated carbocycles. The molecule has 0 aliphatic rings. The number of hydrogen-bond acceptors (Lipinski definition) is 5.